The van der Waals surface area contributed by atoms with Crippen LogP contribution in [0.1, 0.15) is 42.7 Å². The van der Waals surface area contributed by atoms with Crippen molar-refractivity contribution >= 4 is 10.0 Å². The highest BCUT2D eigenvalue weighted by molar-refractivity contribution is 7.89. The average Bonchev–Trinajstić information content (AvgIpc) is 3.26. The maximum absolute atomic E-state index is 13.3. The summed E-state index contributed by atoms with van der Waals surface area (Å²) in [4.78, 5) is 0.278. The molecule has 0 N–H and O–H groups in total. The van der Waals surface area contributed by atoms with Crippen LogP contribution in [0.4, 0.5) is 0 Å². The number of rotatable bonds is 6. The van der Waals surface area contributed by atoms with Crippen molar-refractivity contribution in [3.63, 3.8) is 0 Å². The molecule has 1 aliphatic heterocycles. The van der Waals surface area contributed by atoms with Crippen LogP contribution in [0.25, 0.3) is 11.5 Å². The predicted molar refractivity (Wildman–Crippen MR) is 118 cm³/mol. The largest absolute Gasteiger partial charge is 0.494 e. The van der Waals surface area contributed by atoms with Crippen molar-refractivity contribution in [3.05, 3.63) is 59.5 Å². The van der Waals surface area contributed by atoms with Gasteiger partial charge >= 0.3 is 0 Å². The molecule has 3 aromatic rings. The van der Waals surface area contributed by atoms with Gasteiger partial charge in [-0.05, 0) is 69.0 Å². The zero-order valence-electron chi connectivity index (χ0n) is 18.0. The van der Waals surface area contributed by atoms with Gasteiger partial charge in [0.05, 0.1) is 17.4 Å². The second-order valence-electron chi connectivity index (χ2n) is 7.82. The molecule has 1 aromatic heterocycles. The molecule has 31 heavy (non-hydrogen) atoms. The van der Waals surface area contributed by atoms with E-state index >= 15 is 0 Å². The highest BCUT2D eigenvalue weighted by Crippen LogP contribution is 2.32. The highest BCUT2D eigenvalue weighted by atomic mass is 32.2. The molecule has 1 atom stereocenters. The number of aromatic nitrogens is 2. The smallest absolute Gasteiger partial charge is 0.248 e. The van der Waals surface area contributed by atoms with Crippen LogP contribution in [0.15, 0.2) is 51.8 Å². The first-order chi connectivity index (χ1) is 14.9. The standard InChI is InChI=1S/C23H27N3O4S/c1-4-29-21-12-11-19(14-17(21)3)31(27,28)26-13-7-9-18(15-26)22-24-25-23(30-22)20-10-6-5-8-16(20)2/h5-6,8,10-12,14,18H,4,7,9,13,15H2,1-3H3/t18-/m0/s1. The minimum atomic E-state index is -3.62. The van der Waals surface area contributed by atoms with Gasteiger partial charge in [-0.1, -0.05) is 18.2 Å². The third kappa shape index (κ3) is 4.36. The molecule has 0 spiro atoms. The number of piperidine rings is 1. The summed E-state index contributed by atoms with van der Waals surface area (Å²) in [5.41, 5.74) is 2.75. The van der Waals surface area contributed by atoms with Crippen molar-refractivity contribution in [2.24, 2.45) is 0 Å². The lowest BCUT2D eigenvalue weighted by molar-refractivity contribution is 0.286. The van der Waals surface area contributed by atoms with Gasteiger partial charge in [0.1, 0.15) is 5.75 Å². The van der Waals surface area contributed by atoms with Crippen LogP contribution in [0.3, 0.4) is 0 Å². The average molecular weight is 442 g/mol. The van der Waals surface area contributed by atoms with Crippen LogP contribution in [0, 0.1) is 13.8 Å². The van der Waals surface area contributed by atoms with Gasteiger partial charge in [-0.3, -0.25) is 0 Å². The molecule has 1 aliphatic rings. The van der Waals surface area contributed by atoms with E-state index < -0.39 is 10.0 Å². The number of hydrogen-bond donors (Lipinski definition) is 0. The quantitative estimate of drug-likeness (QED) is 0.566. The van der Waals surface area contributed by atoms with Gasteiger partial charge in [0.2, 0.25) is 21.8 Å². The molecule has 164 valence electrons. The Morgan fingerprint density at radius 2 is 1.94 bits per heavy atom. The van der Waals surface area contributed by atoms with E-state index in [1.807, 2.05) is 45.0 Å². The molecule has 0 aliphatic carbocycles. The number of ether oxygens (including phenoxy) is 1. The first-order valence-electron chi connectivity index (χ1n) is 10.5. The monoisotopic (exact) mass is 441 g/mol. The number of hydrogen-bond acceptors (Lipinski definition) is 6. The molecular weight excluding hydrogens is 414 g/mol. The van der Waals surface area contributed by atoms with Crippen LogP contribution in [0.5, 0.6) is 5.75 Å². The van der Waals surface area contributed by atoms with E-state index in [9.17, 15) is 8.42 Å². The summed E-state index contributed by atoms with van der Waals surface area (Å²) < 4.78 is 39.6. The third-order valence-electron chi connectivity index (χ3n) is 5.63. The second-order valence-corrected chi connectivity index (χ2v) is 9.76. The fourth-order valence-electron chi connectivity index (χ4n) is 3.93. The fourth-order valence-corrected chi connectivity index (χ4v) is 5.54. The summed E-state index contributed by atoms with van der Waals surface area (Å²) in [6, 6.07) is 12.8. The number of sulfonamides is 1. The number of nitrogens with zero attached hydrogens (tertiary/aromatic N) is 3. The molecule has 8 heteroatoms. The summed E-state index contributed by atoms with van der Waals surface area (Å²) in [6.07, 6.45) is 1.55. The number of benzene rings is 2. The fraction of sp³-hybridized carbons (Fsp3) is 0.391. The summed E-state index contributed by atoms with van der Waals surface area (Å²) >= 11 is 0. The van der Waals surface area contributed by atoms with E-state index in [4.69, 9.17) is 9.15 Å². The first kappa shape index (κ1) is 21.5. The van der Waals surface area contributed by atoms with Crippen molar-refractivity contribution in [3.8, 4) is 17.2 Å². The zero-order chi connectivity index (χ0) is 22.0. The van der Waals surface area contributed by atoms with Gasteiger partial charge in [0, 0.05) is 18.7 Å². The lowest BCUT2D eigenvalue weighted by Crippen LogP contribution is -2.39. The van der Waals surface area contributed by atoms with Gasteiger partial charge in [-0.2, -0.15) is 4.31 Å². The Kier molecular flexibility index (Phi) is 6.11. The first-order valence-corrected chi connectivity index (χ1v) is 12.0. The summed E-state index contributed by atoms with van der Waals surface area (Å²) in [5, 5.41) is 8.45. The molecular formula is C23H27N3O4S. The van der Waals surface area contributed by atoms with Gasteiger partial charge in [-0.25, -0.2) is 8.42 Å². The van der Waals surface area contributed by atoms with Crippen molar-refractivity contribution in [1.29, 1.82) is 0 Å². The third-order valence-corrected chi connectivity index (χ3v) is 7.49. The number of aryl methyl sites for hydroxylation is 2. The minimum Gasteiger partial charge on any atom is -0.494 e. The molecule has 2 heterocycles. The van der Waals surface area contributed by atoms with Gasteiger partial charge in [0.25, 0.3) is 0 Å². The lowest BCUT2D eigenvalue weighted by Gasteiger charge is -2.30. The van der Waals surface area contributed by atoms with E-state index in [0.717, 1.165) is 29.5 Å². The van der Waals surface area contributed by atoms with E-state index in [0.29, 0.717) is 37.2 Å². The minimum absolute atomic E-state index is 0.127. The Balaban J connectivity index is 1.55. The SMILES string of the molecule is CCOc1ccc(S(=O)(=O)N2CCC[C@H](c3nnc(-c4ccccc4C)o3)C2)cc1C. The van der Waals surface area contributed by atoms with Gasteiger partial charge in [-0.15, -0.1) is 10.2 Å². The Morgan fingerprint density at radius 3 is 2.68 bits per heavy atom. The molecule has 1 saturated heterocycles. The zero-order valence-corrected chi connectivity index (χ0v) is 18.9. The van der Waals surface area contributed by atoms with Crippen molar-refractivity contribution in [2.45, 2.75) is 44.4 Å². The molecule has 0 bridgehead atoms. The van der Waals surface area contributed by atoms with Gasteiger partial charge < -0.3 is 9.15 Å². The molecule has 0 radical (unpaired) electrons. The van der Waals surface area contributed by atoms with Gasteiger partial charge in [0.15, 0.2) is 0 Å². The molecule has 1 fully saturated rings. The Labute approximate surface area is 183 Å². The molecule has 0 saturated carbocycles. The molecule has 2 aromatic carbocycles. The lowest BCUT2D eigenvalue weighted by atomic mass is 10.00. The summed E-state index contributed by atoms with van der Waals surface area (Å²) in [7, 11) is -3.62. The molecule has 7 nitrogen and oxygen atoms in total. The van der Waals surface area contributed by atoms with Crippen LogP contribution in [-0.4, -0.2) is 42.6 Å². The highest BCUT2D eigenvalue weighted by Gasteiger charge is 2.33. The van der Waals surface area contributed by atoms with Crippen molar-refractivity contribution in [2.75, 3.05) is 19.7 Å². The Bertz CT molecular complexity index is 1170. The summed E-state index contributed by atoms with van der Waals surface area (Å²) in [6.45, 7) is 7.09. The van der Waals surface area contributed by atoms with Crippen LogP contribution >= 0.6 is 0 Å². The maximum Gasteiger partial charge on any atom is 0.248 e. The molecule has 0 amide bonds. The van der Waals surface area contributed by atoms with E-state index in [2.05, 4.69) is 10.2 Å². The predicted octanol–water partition coefficient (Wildman–Crippen LogP) is 4.32. The van der Waals surface area contributed by atoms with Crippen molar-refractivity contribution < 1.29 is 17.6 Å². The molecule has 4 rings (SSSR count). The Morgan fingerprint density at radius 1 is 1.13 bits per heavy atom. The molecule has 0 unspecified atom stereocenters. The van der Waals surface area contributed by atoms with E-state index in [1.54, 1.807) is 18.2 Å². The van der Waals surface area contributed by atoms with Crippen LogP contribution in [0.2, 0.25) is 0 Å². The summed E-state index contributed by atoms with van der Waals surface area (Å²) in [5.74, 6) is 1.53. The van der Waals surface area contributed by atoms with Crippen molar-refractivity contribution in [1.82, 2.24) is 14.5 Å². The Hall–Kier alpha value is -2.71. The normalized spacial score (nSPS) is 17.6. The van der Waals surface area contributed by atoms with Crippen LogP contribution < -0.4 is 4.74 Å². The topological polar surface area (TPSA) is 85.5 Å². The maximum atomic E-state index is 13.3. The van der Waals surface area contributed by atoms with E-state index in [-0.39, 0.29) is 10.8 Å². The second kappa shape index (κ2) is 8.80. The van der Waals surface area contributed by atoms with E-state index in [1.165, 1.54) is 4.31 Å². The van der Waals surface area contributed by atoms with Crippen LogP contribution in [-0.2, 0) is 10.0 Å².